The first-order valence-corrected chi connectivity index (χ1v) is 12.0. The number of nitrogens with one attached hydrogen (secondary N) is 1. The molecule has 2 aromatic carbocycles. The SMILES string of the molecule is Cc1cc(/C=C2\C(=O)NC(=O)N(Cc3ccccc3)C2=O)c(C)n1-c1ccc(N2CCOCC2)cc1. The first kappa shape index (κ1) is 23.6. The smallest absolute Gasteiger partial charge is 0.331 e. The third-order valence-electron chi connectivity index (χ3n) is 6.62. The molecule has 2 aliphatic heterocycles. The van der Waals surface area contributed by atoms with Crippen LogP contribution in [-0.4, -0.2) is 53.6 Å². The Morgan fingerprint density at radius 2 is 1.58 bits per heavy atom. The molecular weight excluding hydrogens is 456 g/mol. The van der Waals surface area contributed by atoms with Crippen LogP contribution < -0.4 is 10.2 Å². The van der Waals surface area contributed by atoms with Gasteiger partial charge in [-0.3, -0.25) is 19.8 Å². The van der Waals surface area contributed by atoms with Gasteiger partial charge in [-0.15, -0.1) is 0 Å². The predicted molar refractivity (Wildman–Crippen MR) is 137 cm³/mol. The van der Waals surface area contributed by atoms with Crippen LogP contribution in [0.15, 0.2) is 66.2 Å². The zero-order chi connectivity index (χ0) is 25.2. The summed E-state index contributed by atoms with van der Waals surface area (Å²) in [5, 5.41) is 2.30. The largest absolute Gasteiger partial charge is 0.378 e. The molecule has 2 saturated heterocycles. The lowest BCUT2D eigenvalue weighted by Gasteiger charge is -2.29. The monoisotopic (exact) mass is 484 g/mol. The molecule has 0 bridgehead atoms. The summed E-state index contributed by atoms with van der Waals surface area (Å²) in [5.74, 6) is -1.29. The molecule has 4 amide bonds. The molecule has 0 radical (unpaired) electrons. The van der Waals surface area contributed by atoms with Gasteiger partial charge in [0.15, 0.2) is 0 Å². The number of carbonyl (C=O) groups excluding carboxylic acids is 3. The van der Waals surface area contributed by atoms with Crippen LogP contribution in [0.3, 0.4) is 0 Å². The summed E-state index contributed by atoms with van der Waals surface area (Å²) in [6.07, 6.45) is 1.57. The zero-order valence-electron chi connectivity index (χ0n) is 20.4. The molecule has 1 aromatic heterocycles. The third kappa shape index (κ3) is 4.55. The van der Waals surface area contributed by atoms with Crippen molar-refractivity contribution in [3.05, 3.63) is 88.8 Å². The van der Waals surface area contributed by atoms with Gasteiger partial charge >= 0.3 is 6.03 Å². The summed E-state index contributed by atoms with van der Waals surface area (Å²) < 4.78 is 7.53. The van der Waals surface area contributed by atoms with Crippen molar-refractivity contribution in [3.63, 3.8) is 0 Å². The number of barbiturate groups is 1. The van der Waals surface area contributed by atoms with E-state index in [2.05, 4.69) is 39.0 Å². The molecule has 36 heavy (non-hydrogen) atoms. The topological polar surface area (TPSA) is 83.9 Å². The number of aromatic nitrogens is 1. The predicted octanol–water partition coefficient (Wildman–Crippen LogP) is 3.59. The molecule has 3 aromatic rings. The van der Waals surface area contributed by atoms with Crippen LogP contribution in [0.25, 0.3) is 11.8 Å². The maximum Gasteiger partial charge on any atom is 0.331 e. The highest BCUT2D eigenvalue weighted by Gasteiger charge is 2.36. The fourth-order valence-corrected chi connectivity index (χ4v) is 4.72. The fourth-order valence-electron chi connectivity index (χ4n) is 4.72. The van der Waals surface area contributed by atoms with Crippen LogP contribution in [0, 0.1) is 13.8 Å². The lowest BCUT2D eigenvalue weighted by Crippen LogP contribution is -2.53. The number of morpholine rings is 1. The average molecular weight is 485 g/mol. The van der Waals surface area contributed by atoms with Gasteiger partial charge in [0.25, 0.3) is 11.8 Å². The van der Waals surface area contributed by atoms with Crippen LogP contribution in [0.5, 0.6) is 0 Å². The van der Waals surface area contributed by atoms with Crippen molar-refractivity contribution in [3.8, 4) is 5.69 Å². The molecule has 3 heterocycles. The molecule has 0 unspecified atom stereocenters. The Bertz CT molecular complexity index is 1340. The van der Waals surface area contributed by atoms with E-state index in [1.54, 1.807) is 6.08 Å². The van der Waals surface area contributed by atoms with Gasteiger partial charge in [-0.1, -0.05) is 30.3 Å². The minimum atomic E-state index is -0.711. The van der Waals surface area contributed by atoms with Crippen molar-refractivity contribution in [2.24, 2.45) is 0 Å². The highest BCUT2D eigenvalue weighted by atomic mass is 16.5. The van der Waals surface area contributed by atoms with Crippen molar-refractivity contribution in [2.45, 2.75) is 20.4 Å². The number of ether oxygens (including phenoxy) is 1. The molecule has 2 fully saturated rings. The van der Waals surface area contributed by atoms with Crippen molar-refractivity contribution in [1.82, 2.24) is 14.8 Å². The van der Waals surface area contributed by atoms with Gasteiger partial charge in [0.05, 0.1) is 19.8 Å². The number of nitrogens with zero attached hydrogens (tertiary/aromatic N) is 3. The molecular formula is C28H28N4O4. The van der Waals surface area contributed by atoms with Crippen molar-refractivity contribution >= 4 is 29.6 Å². The maximum atomic E-state index is 13.2. The van der Waals surface area contributed by atoms with E-state index in [1.807, 2.05) is 50.2 Å². The van der Waals surface area contributed by atoms with E-state index in [9.17, 15) is 14.4 Å². The summed E-state index contributed by atoms with van der Waals surface area (Å²) in [5.41, 5.74) is 5.50. The molecule has 0 spiro atoms. The van der Waals surface area contributed by atoms with E-state index in [0.717, 1.165) is 65.1 Å². The Hall–Kier alpha value is -4.17. The molecule has 0 aliphatic carbocycles. The minimum Gasteiger partial charge on any atom is -0.378 e. The van der Waals surface area contributed by atoms with E-state index in [4.69, 9.17) is 4.74 Å². The molecule has 184 valence electrons. The van der Waals surface area contributed by atoms with Gasteiger partial charge in [0, 0.05) is 35.9 Å². The van der Waals surface area contributed by atoms with Crippen molar-refractivity contribution in [2.75, 3.05) is 31.2 Å². The summed E-state index contributed by atoms with van der Waals surface area (Å²) in [6.45, 7) is 7.24. The van der Waals surface area contributed by atoms with E-state index in [1.165, 1.54) is 0 Å². The number of amides is 4. The second-order valence-corrected chi connectivity index (χ2v) is 8.97. The molecule has 8 heteroatoms. The molecule has 8 nitrogen and oxygen atoms in total. The number of aryl methyl sites for hydroxylation is 1. The first-order chi connectivity index (χ1) is 17.4. The van der Waals surface area contributed by atoms with E-state index >= 15 is 0 Å². The van der Waals surface area contributed by atoms with Crippen LogP contribution in [0.4, 0.5) is 10.5 Å². The number of urea groups is 1. The quantitative estimate of drug-likeness (QED) is 0.442. The molecule has 0 saturated carbocycles. The average Bonchev–Trinajstić information content (AvgIpc) is 3.18. The molecule has 0 atom stereocenters. The lowest BCUT2D eigenvalue weighted by molar-refractivity contribution is -0.130. The van der Waals surface area contributed by atoms with Crippen LogP contribution in [0.2, 0.25) is 0 Å². The second-order valence-electron chi connectivity index (χ2n) is 8.97. The zero-order valence-corrected chi connectivity index (χ0v) is 20.4. The Morgan fingerprint density at radius 1 is 0.917 bits per heavy atom. The van der Waals surface area contributed by atoms with Gasteiger partial charge in [0.2, 0.25) is 0 Å². The normalized spacial score (nSPS) is 17.6. The van der Waals surface area contributed by atoms with Crippen molar-refractivity contribution < 1.29 is 19.1 Å². The number of rotatable bonds is 5. The standard InChI is InChI=1S/C28H28N4O4/c1-19-16-22(20(2)32(19)24-10-8-23(9-11-24)30-12-14-36-15-13-30)17-25-26(33)29-28(35)31(27(25)34)18-21-6-4-3-5-7-21/h3-11,16-17H,12-15,18H2,1-2H3,(H,29,33,35)/b25-17+. The Balaban J connectivity index is 1.42. The summed E-state index contributed by atoms with van der Waals surface area (Å²) in [6, 6.07) is 18.8. The number of imide groups is 2. The molecule has 2 aliphatic rings. The fraction of sp³-hybridized carbons (Fsp3) is 0.250. The van der Waals surface area contributed by atoms with E-state index in [-0.39, 0.29) is 12.1 Å². The van der Waals surface area contributed by atoms with Gasteiger partial charge in [-0.05, 0) is 61.4 Å². The Labute approximate surface area is 209 Å². The lowest BCUT2D eigenvalue weighted by atomic mass is 10.1. The van der Waals surface area contributed by atoms with Gasteiger partial charge < -0.3 is 14.2 Å². The Kier molecular flexibility index (Phi) is 6.43. The van der Waals surface area contributed by atoms with E-state index in [0.29, 0.717) is 0 Å². The molecule has 1 N–H and O–H groups in total. The van der Waals surface area contributed by atoms with E-state index < -0.39 is 17.8 Å². The third-order valence-corrected chi connectivity index (χ3v) is 6.62. The summed E-state index contributed by atoms with van der Waals surface area (Å²) >= 11 is 0. The van der Waals surface area contributed by atoms with Gasteiger partial charge in [-0.25, -0.2) is 4.79 Å². The number of hydrogen-bond acceptors (Lipinski definition) is 5. The highest BCUT2D eigenvalue weighted by Crippen LogP contribution is 2.26. The molecule has 5 rings (SSSR count). The van der Waals surface area contributed by atoms with Gasteiger partial charge in [0.1, 0.15) is 5.57 Å². The number of carbonyl (C=O) groups is 3. The summed E-state index contributed by atoms with van der Waals surface area (Å²) in [7, 11) is 0. The van der Waals surface area contributed by atoms with Gasteiger partial charge in [-0.2, -0.15) is 0 Å². The van der Waals surface area contributed by atoms with Crippen LogP contribution >= 0.6 is 0 Å². The minimum absolute atomic E-state index is 0.0616. The highest BCUT2D eigenvalue weighted by molar-refractivity contribution is 6.31. The Morgan fingerprint density at radius 3 is 2.28 bits per heavy atom. The van der Waals surface area contributed by atoms with Crippen LogP contribution in [-0.2, 0) is 20.9 Å². The summed E-state index contributed by atoms with van der Waals surface area (Å²) in [4.78, 5) is 41.5. The second kappa shape index (κ2) is 9.83. The van der Waals surface area contributed by atoms with Crippen LogP contribution in [0.1, 0.15) is 22.5 Å². The number of anilines is 1. The number of benzene rings is 2. The number of hydrogen-bond donors (Lipinski definition) is 1. The maximum absolute atomic E-state index is 13.2. The first-order valence-electron chi connectivity index (χ1n) is 12.0. The van der Waals surface area contributed by atoms with Crippen molar-refractivity contribution in [1.29, 1.82) is 0 Å².